The van der Waals surface area contributed by atoms with Gasteiger partial charge in [-0.25, -0.2) is 4.98 Å². The van der Waals surface area contributed by atoms with Crippen LogP contribution in [0.3, 0.4) is 0 Å². The Morgan fingerprint density at radius 2 is 2.04 bits per heavy atom. The van der Waals surface area contributed by atoms with E-state index in [1.165, 1.54) is 0 Å². The lowest BCUT2D eigenvalue weighted by atomic mass is 9.95. The summed E-state index contributed by atoms with van der Waals surface area (Å²) in [4.78, 5) is 4.15. The van der Waals surface area contributed by atoms with Crippen LogP contribution in [0.4, 0.5) is 11.5 Å². The van der Waals surface area contributed by atoms with Gasteiger partial charge in [-0.1, -0.05) is 0 Å². The summed E-state index contributed by atoms with van der Waals surface area (Å²) in [5.74, 6) is 1.53. The Balaban J connectivity index is 2.00. The quantitative estimate of drug-likeness (QED) is 0.641. The monoisotopic (exact) mass is 337 g/mol. The number of benzene rings is 1. The number of nitrogen functional groups attached to an aromatic ring is 1. The van der Waals surface area contributed by atoms with Crippen molar-refractivity contribution >= 4 is 17.2 Å². The van der Waals surface area contributed by atoms with Crippen molar-refractivity contribution in [1.82, 2.24) is 4.98 Å². The molecule has 0 unspecified atom stereocenters. The number of aromatic nitrogens is 1. The first kappa shape index (κ1) is 16.8. The van der Waals surface area contributed by atoms with Gasteiger partial charge in [-0.2, -0.15) is 0 Å². The highest BCUT2D eigenvalue weighted by Gasteiger charge is 2.19. The smallest absolute Gasteiger partial charge is 0.190 e. The second-order valence-electron chi connectivity index (χ2n) is 6.54. The maximum absolute atomic E-state index is 8.67. The minimum Gasteiger partial charge on any atom is -0.441 e. The molecule has 130 valence electrons. The van der Waals surface area contributed by atoms with Gasteiger partial charge in [0.1, 0.15) is 11.6 Å². The highest BCUT2D eigenvalue weighted by molar-refractivity contribution is 6.16. The number of allylic oxidation sites excluding steroid dienone is 1. The van der Waals surface area contributed by atoms with Gasteiger partial charge in [-0.3, -0.25) is 5.41 Å². The SMILES string of the molecule is CC1=C(N)Oc2ccc(C(=N)c3c(NC(C)C)ccnc3N)cc2C1. The molecule has 2 aromatic rings. The molecule has 0 amide bonds. The Morgan fingerprint density at radius 3 is 2.76 bits per heavy atom. The van der Waals surface area contributed by atoms with Gasteiger partial charge in [0.25, 0.3) is 0 Å². The first-order valence-electron chi connectivity index (χ1n) is 8.23. The number of anilines is 2. The van der Waals surface area contributed by atoms with Gasteiger partial charge in [0.15, 0.2) is 5.88 Å². The topological polar surface area (TPSA) is 110 Å². The standard InChI is InChI=1S/C19H23N5O/c1-10(2)24-14-6-7-23-18(21)16(14)17(20)12-4-5-15-13(9-12)8-11(3)19(22)25-15/h4-7,9-10,20H,8,22H2,1-3H3,(H3,21,23,24). The second-order valence-corrected chi connectivity index (χ2v) is 6.54. The lowest BCUT2D eigenvalue weighted by Gasteiger charge is -2.21. The second kappa shape index (κ2) is 6.47. The molecule has 0 saturated carbocycles. The van der Waals surface area contributed by atoms with Crippen LogP contribution in [-0.4, -0.2) is 16.7 Å². The van der Waals surface area contributed by atoms with Crippen molar-refractivity contribution in [3.8, 4) is 5.75 Å². The highest BCUT2D eigenvalue weighted by Crippen LogP contribution is 2.31. The number of rotatable bonds is 4. The summed E-state index contributed by atoms with van der Waals surface area (Å²) in [6, 6.07) is 7.72. The summed E-state index contributed by atoms with van der Waals surface area (Å²) in [6.07, 6.45) is 2.36. The molecule has 3 rings (SSSR count). The van der Waals surface area contributed by atoms with Gasteiger partial charge in [-0.05, 0) is 56.2 Å². The van der Waals surface area contributed by atoms with Crippen LogP contribution in [0.2, 0.25) is 0 Å². The summed E-state index contributed by atoms with van der Waals surface area (Å²) in [7, 11) is 0. The van der Waals surface area contributed by atoms with E-state index in [1.807, 2.05) is 45.0 Å². The third-order valence-corrected chi connectivity index (χ3v) is 4.12. The van der Waals surface area contributed by atoms with E-state index in [0.717, 1.165) is 28.1 Å². The fourth-order valence-corrected chi connectivity index (χ4v) is 2.87. The van der Waals surface area contributed by atoms with E-state index in [0.29, 0.717) is 29.4 Å². The average Bonchev–Trinajstić information content (AvgIpc) is 2.54. The summed E-state index contributed by atoms with van der Waals surface area (Å²) in [5.41, 5.74) is 16.4. The van der Waals surface area contributed by atoms with Crippen LogP contribution < -0.4 is 21.5 Å². The molecule has 0 bridgehead atoms. The van der Waals surface area contributed by atoms with Crippen molar-refractivity contribution in [2.24, 2.45) is 5.73 Å². The minimum atomic E-state index is 0.223. The van der Waals surface area contributed by atoms with Crippen molar-refractivity contribution in [3.63, 3.8) is 0 Å². The fraction of sp³-hybridized carbons (Fsp3) is 0.263. The molecule has 6 N–H and O–H groups in total. The van der Waals surface area contributed by atoms with E-state index in [4.69, 9.17) is 21.6 Å². The lowest BCUT2D eigenvalue weighted by Crippen LogP contribution is -2.18. The predicted octanol–water partition coefficient (Wildman–Crippen LogP) is 3.03. The number of ether oxygens (including phenoxy) is 1. The molecular weight excluding hydrogens is 314 g/mol. The molecule has 0 fully saturated rings. The van der Waals surface area contributed by atoms with E-state index in [2.05, 4.69) is 10.3 Å². The van der Waals surface area contributed by atoms with Gasteiger partial charge >= 0.3 is 0 Å². The number of hydrogen-bond acceptors (Lipinski definition) is 6. The van der Waals surface area contributed by atoms with Crippen LogP contribution in [0.1, 0.15) is 37.5 Å². The van der Waals surface area contributed by atoms with Crippen molar-refractivity contribution in [2.75, 3.05) is 11.1 Å². The molecule has 1 aliphatic heterocycles. The highest BCUT2D eigenvalue weighted by atomic mass is 16.5. The van der Waals surface area contributed by atoms with Crippen molar-refractivity contribution in [3.05, 3.63) is 58.6 Å². The average molecular weight is 337 g/mol. The number of pyridine rings is 1. The molecule has 0 saturated heterocycles. The van der Waals surface area contributed by atoms with Crippen LogP contribution in [0.5, 0.6) is 5.75 Å². The third-order valence-electron chi connectivity index (χ3n) is 4.12. The summed E-state index contributed by atoms with van der Waals surface area (Å²) in [5, 5.41) is 12.0. The van der Waals surface area contributed by atoms with Crippen LogP contribution in [0.15, 0.2) is 41.9 Å². The molecule has 0 atom stereocenters. The molecule has 25 heavy (non-hydrogen) atoms. The maximum atomic E-state index is 8.67. The van der Waals surface area contributed by atoms with E-state index >= 15 is 0 Å². The van der Waals surface area contributed by atoms with Crippen molar-refractivity contribution < 1.29 is 4.74 Å². The zero-order valence-electron chi connectivity index (χ0n) is 14.7. The normalized spacial score (nSPS) is 13.4. The lowest BCUT2D eigenvalue weighted by molar-refractivity contribution is 0.396. The zero-order valence-corrected chi connectivity index (χ0v) is 14.7. The van der Waals surface area contributed by atoms with Gasteiger partial charge < -0.3 is 21.5 Å². The number of nitrogens with one attached hydrogen (secondary N) is 2. The van der Waals surface area contributed by atoms with Gasteiger partial charge in [0.05, 0.1) is 11.3 Å². The maximum Gasteiger partial charge on any atom is 0.190 e. The molecule has 1 aliphatic rings. The Labute approximate surface area is 147 Å². The molecule has 1 aromatic heterocycles. The first-order valence-corrected chi connectivity index (χ1v) is 8.23. The van der Waals surface area contributed by atoms with Crippen molar-refractivity contribution in [1.29, 1.82) is 5.41 Å². The van der Waals surface area contributed by atoms with Crippen LogP contribution in [-0.2, 0) is 6.42 Å². The van der Waals surface area contributed by atoms with Crippen LogP contribution in [0, 0.1) is 5.41 Å². The van der Waals surface area contributed by atoms with Crippen molar-refractivity contribution in [2.45, 2.75) is 33.2 Å². The zero-order chi connectivity index (χ0) is 18.1. The molecule has 6 heteroatoms. The third kappa shape index (κ3) is 3.28. The summed E-state index contributed by atoms with van der Waals surface area (Å²) >= 11 is 0. The fourth-order valence-electron chi connectivity index (χ4n) is 2.87. The van der Waals surface area contributed by atoms with Gasteiger partial charge in [-0.15, -0.1) is 0 Å². The summed E-state index contributed by atoms with van der Waals surface area (Å²) < 4.78 is 5.62. The van der Waals surface area contributed by atoms with Crippen LogP contribution >= 0.6 is 0 Å². The largest absolute Gasteiger partial charge is 0.441 e. The van der Waals surface area contributed by atoms with E-state index < -0.39 is 0 Å². The molecule has 0 spiro atoms. The van der Waals surface area contributed by atoms with Gasteiger partial charge in [0.2, 0.25) is 0 Å². The Bertz CT molecular complexity index is 870. The van der Waals surface area contributed by atoms with E-state index in [9.17, 15) is 0 Å². The number of nitrogens with zero attached hydrogens (tertiary/aromatic N) is 1. The summed E-state index contributed by atoms with van der Waals surface area (Å²) in [6.45, 7) is 6.03. The molecule has 0 aliphatic carbocycles. The molecule has 2 heterocycles. The Hall–Kier alpha value is -3.02. The van der Waals surface area contributed by atoms with E-state index in [-0.39, 0.29) is 6.04 Å². The predicted molar refractivity (Wildman–Crippen MR) is 101 cm³/mol. The number of fused-ring (bicyclic) bond motifs is 1. The van der Waals surface area contributed by atoms with E-state index in [1.54, 1.807) is 6.20 Å². The van der Waals surface area contributed by atoms with Crippen LogP contribution in [0.25, 0.3) is 0 Å². The number of hydrogen-bond donors (Lipinski definition) is 4. The molecule has 0 radical (unpaired) electrons. The minimum absolute atomic E-state index is 0.223. The van der Waals surface area contributed by atoms with Gasteiger partial charge in [0, 0.05) is 29.9 Å². The Kier molecular flexibility index (Phi) is 4.35. The molecule has 6 nitrogen and oxygen atoms in total. The first-order chi connectivity index (χ1) is 11.9. The number of nitrogens with two attached hydrogens (primary N) is 2. The molecule has 1 aromatic carbocycles. The molecular formula is C19H23N5O. The Morgan fingerprint density at radius 1 is 1.28 bits per heavy atom.